The van der Waals surface area contributed by atoms with Gasteiger partial charge >= 0.3 is 0 Å². The van der Waals surface area contributed by atoms with Gasteiger partial charge in [-0.25, -0.2) is 4.98 Å². The summed E-state index contributed by atoms with van der Waals surface area (Å²) in [6, 6.07) is 10.9. The molecule has 2 aromatic carbocycles. The van der Waals surface area contributed by atoms with Gasteiger partial charge in [0.15, 0.2) is 17.3 Å². The van der Waals surface area contributed by atoms with Crippen molar-refractivity contribution in [2.24, 2.45) is 0 Å². The second kappa shape index (κ2) is 9.40. The van der Waals surface area contributed by atoms with Crippen LogP contribution in [0.4, 0.5) is 5.82 Å². The number of fused-ring (bicyclic) bond motifs is 1. The van der Waals surface area contributed by atoms with Crippen molar-refractivity contribution in [3.63, 3.8) is 0 Å². The molecule has 3 aromatic rings. The minimum absolute atomic E-state index is 0.111. The topological polar surface area (TPSA) is 86.1 Å². The van der Waals surface area contributed by atoms with E-state index in [0.29, 0.717) is 61.4 Å². The highest BCUT2D eigenvalue weighted by Crippen LogP contribution is 2.38. The average Bonchev–Trinajstić information content (AvgIpc) is 2.87. The number of aryl methyl sites for hydroxylation is 1. The number of carbonyl (C=O) groups excluding carboxylic acids is 1. The van der Waals surface area contributed by atoms with Crippen LogP contribution in [0.1, 0.15) is 17.3 Å². The summed E-state index contributed by atoms with van der Waals surface area (Å²) < 4.78 is 17.8. The van der Waals surface area contributed by atoms with Gasteiger partial charge in [0.2, 0.25) is 5.75 Å². The molecule has 1 fully saturated rings. The molecule has 4 rings (SSSR count). The number of anilines is 1. The first-order valence-corrected chi connectivity index (χ1v) is 10.9. The van der Waals surface area contributed by atoms with E-state index >= 15 is 0 Å². The van der Waals surface area contributed by atoms with Crippen LogP contribution in [0.2, 0.25) is 0 Å². The molecular formula is C24H28N4O5. The number of amides is 1. The third-order valence-electron chi connectivity index (χ3n) is 5.93. The van der Waals surface area contributed by atoms with Gasteiger partial charge in [0.25, 0.3) is 11.5 Å². The number of methoxy groups -OCH3 is 3. The minimum Gasteiger partial charge on any atom is -0.493 e. The maximum absolute atomic E-state index is 13.2. The van der Waals surface area contributed by atoms with Gasteiger partial charge in [-0.1, -0.05) is 12.1 Å². The SMILES string of the molecule is CCn1c(=O)c(N2CCN(C(=O)c3cc(OC)c(OC)c(OC)c3)CC2)nc2ccccc21. The third-order valence-corrected chi connectivity index (χ3v) is 5.93. The van der Waals surface area contributed by atoms with Crippen molar-refractivity contribution in [1.82, 2.24) is 14.5 Å². The summed E-state index contributed by atoms with van der Waals surface area (Å²) in [6.07, 6.45) is 0. The molecule has 174 valence electrons. The number of aromatic nitrogens is 2. The fraction of sp³-hybridized carbons (Fsp3) is 0.375. The van der Waals surface area contributed by atoms with Gasteiger partial charge in [-0.15, -0.1) is 0 Å². The highest BCUT2D eigenvalue weighted by molar-refractivity contribution is 5.96. The number of hydrogen-bond acceptors (Lipinski definition) is 7. The van der Waals surface area contributed by atoms with Gasteiger partial charge < -0.3 is 28.6 Å². The quantitative estimate of drug-likeness (QED) is 0.568. The van der Waals surface area contributed by atoms with E-state index in [0.717, 1.165) is 11.0 Å². The Morgan fingerprint density at radius 1 is 0.970 bits per heavy atom. The number of hydrogen-bond donors (Lipinski definition) is 0. The molecule has 0 atom stereocenters. The number of piperazine rings is 1. The van der Waals surface area contributed by atoms with Crippen LogP contribution in [0, 0.1) is 0 Å². The van der Waals surface area contributed by atoms with E-state index in [-0.39, 0.29) is 11.5 Å². The molecule has 1 amide bonds. The molecule has 9 heteroatoms. The Morgan fingerprint density at radius 3 is 2.18 bits per heavy atom. The summed E-state index contributed by atoms with van der Waals surface area (Å²) in [4.78, 5) is 34.6. The van der Waals surface area contributed by atoms with Gasteiger partial charge in [0, 0.05) is 38.3 Å². The molecule has 0 spiro atoms. The summed E-state index contributed by atoms with van der Waals surface area (Å²) in [6.45, 7) is 4.48. The van der Waals surface area contributed by atoms with E-state index in [1.165, 1.54) is 21.3 Å². The Hall–Kier alpha value is -3.75. The molecule has 2 heterocycles. The molecule has 1 aliphatic heterocycles. The maximum atomic E-state index is 13.2. The largest absolute Gasteiger partial charge is 0.493 e. The monoisotopic (exact) mass is 452 g/mol. The predicted octanol–water partition coefficient (Wildman–Crippen LogP) is 2.40. The van der Waals surface area contributed by atoms with Crippen LogP contribution < -0.4 is 24.7 Å². The van der Waals surface area contributed by atoms with Crippen LogP contribution in [0.25, 0.3) is 11.0 Å². The average molecular weight is 453 g/mol. The fourth-order valence-electron chi connectivity index (χ4n) is 4.21. The molecular weight excluding hydrogens is 424 g/mol. The van der Waals surface area contributed by atoms with E-state index in [1.807, 2.05) is 36.1 Å². The first-order valence-electron chi connectivity index (χ1n) is 10.9. The van der Waals surface area contributed by atoms with Gasteiger partial charge in [-0.2, -0.15) is 0 Å². The number of para-hydroxylation sites is 2. The van der Waals surface area contributed by atoms with Gasteiger partial charge in [0.05, 0.1) is 32.4 Å². The molecule has 1 aliphatic rings. The smallest absolute Gasteiger partial charge is 0.293 e. The fourth-order valence-corrected chi connectivity index (χ4v) is 4.21. The van der Waals surface area contributed by atoms with Crippen molar-refractivity contribution in [3.05, 3.63) is 52.3 Å². The number of rotatable bonds is 6. The van der Waals surface area contributed by atoms with Crippen molar-refractivity contribution in [2.45, 2.75) is 13.5 Å². The Bertz CT molecular complexity index is 1210. The number of carbonyl (C=O) groups is 1. The van der Waals surface area contributed by atoms with Gasteiger partial charge in [-0.05, 0) is 31.2 Å². The summed E-state index contributed by atoms with van der Waals surface area (Å²) >= 11 is 0. The summed E-state index contributed by atoms with van der Waals surface area (Å²) in [7, 11) is 4.56. The molecule has 0 saturated carbocycles. The van der Waals surface area contributed by atoms with E-state index in [4.69, 9.17) is 14.2 Å². The molecule has 1 saturated heterocycles. The second-order valence-corrected chi connectivity index (χ2v) is 7.67. The second-order valence-electron chi connectivity index (χ2n) is 7.67. The normalized spacial score (nSPS) is 13.8. The highest BCUT2D eigenvalue weighted by Gasteiger charge is 2.27. The lowest BCUT2D eigenvalue weighted by Gasteiger charge is -2.35. The molecule has 33 heavy (non-hydrogen) atoms. The molecule has 9 nitrogen and oxygen atoms in total. The summed E-state index contributed by atoms with van der Waals surface area (Å²) in [5.74, 6) is 1.59. The van der Waals surface area contributed by atoms with Crippen molar-refractivity contribution in [2.75, 3.05) is 52.4 Å². The van der Waals surface area contributed by atoms with Gasteiger partial charge in [-0.3, -0.25) is 9.59 Å². The molecule has 1 aromatic heterocycles. The van der Waals surface area contributed by atoms with Crippen LogP contribution in [0.15, 0.2) is 41.2 Å². The third kappa shape index (κ3) is 4.06. The molecule has 0 radical (unpaired) electrons. The first kappa shape index (κ1) is 22.4. The van der Waals surface area contributed by atoms with E-state index in [1.54, 1.807) is 21.6 Å². The zero-order chi connectivity index (χ0) is 23.5. The molecule has 0 bridgehead atoms. The highest BCUT2D eigenvalue weighted by atomic mass is 16.5. The van der Waals surface area contributed by atoms with E-state index in [2.05, 4.69) is 4.98 Å². The van der Waals surface area contributed by atoms with Crippen LogP contribution in [-0.4, -0.2) is 67.9 Å². The Balaban J connectivity index is 1.56. The van der Waals surface area contributed by atoms with Crippen molar-refractivity contribution < 1.29 is 19.0 Å². The van der Waals surface area contributed by atoms with Crippen molar-refractivity contribution in [1.29, 1.82) is 0 Å². The maximum Gasteiger partial charge on any atom is 0.293 e. The molecule has 0 aliphatic carbocycles. The van der Waals surface area contributed by atoms with Crippen molar-refractivity contribution in [3.8, 4) is 17.2 Å². The summed E-state index contributed by atoms with van der Waals surface area (Å²) in [5, 5.41) is 0. The Labute approximate surface area is 192 Å². The lowest BCUT2D eigenvalue weighted by molar-refractivity contribution is 0.0745. The minimum atomic E-state index is -0.133. The van der Waals surface area contributed by atoms with Crippen molar-refractivity contribution >= 4 is 22.8 Å². The number of nitrogens with zero attached hydrogens (tertiary/aromatic N) is 4. The molecule has 0 N–H and O–H groups in total. The van der Waals surface area contributed by atoms with Crippen LogP contribution >= 0.6 is 0 Å². The summed E-state index contributed by atoms with van der Waals surface area (Å²) in [5.41, 5.74) is 1.95. The predicted molar refractivity (Wildman–Crippen MR) is 126 cm³/mol. The van der Waals surface area contributed by atoms with Gasteiger partial charge in [0.1, 0.15) is 0 Å². The standard InChI is InChI=1S/C24H28N4O5/c1-5-28-18-9-7-6-8-17(18)25-22(24(28)30)26-10-12-27(13-11-26)23(29)16-14-19(31-2)21(33-4)20(15-16)32-3/h6-9,14-15H,5,10-13H2,1-4H3. The van der Waals surface area contributed by atoms with Crippen LogP contribution in [0.3, 0.4) is 0 Å². The van der Waals surface area contributed by atoms with Crippen LogP contribution in [-0.2, 0) is 6.54 Å². The van der Waals surface area contributed by atoms with E-state index in [9.17, 15) is 9.59 Å². The Kier molecular flexibility index (Phi) is 6.39. The lowest BCUT2D eigenvalue weighted by Crippen LogP contribution is -2.50. The first-order chi connectivity index (χ1) is 16.0. The number of ether oxygens (including phenoxy) is 3. The zero-order valence-electron chi connectivity index (χ0n) is 19.3. The molecule has 0 unspecified atom stereocenters. The lowest BCUT2D eigenvalue weighted by atomic mass is 10.1. The Morgan fingerprint density at radius 2 is 1.61 bits per heavy atom. The van der Waals surface area contributed by atoms with Crippen LogP contribution in [0.5, 0.6) is 17.2 Å². The van der Waals surface area contributed by atoms with E-state index < -0.39 is 0 Å². The zero-order valence-corrected chi connectivity index (χ0v) is 19.3. The number of benzene rings is 2.